The van der Waals surface area contributed by atoms with E-state index < -0.39 is 23.8 Å². The maximum absolute atomic E-state index is 14.3. The second-order valence-corrected chi connectivity index (χ2v) is 9.61. The first-order chi connectivity index (χ1) is 14.3. The van der Waals surface area contributed by atoms with Crippen LogP contribution in [0, 0.1) is 0 Å². The molecule has 162 valence electrons. The van der Waals surface area contributed by atoms with Crippen LogP contribution >= 0.6 is 7.14 Å². The molecule has 0 saturated heterocycles. The minimum atomic E-state index is -4.19. The van der Waals surface area contributed by atoms with Gasteiger partial charge in [0.15, 0.2) is 0 Å². The summed E-state index contributed by atoms with van der Waals surface area (Å²) in [5.41, 5.74) is -2.39. The minimum Gasteiger partial charge on any atom is -0.496 e. The fraction of sp³-hybridized carbons (Fsp3) is 0.364. The Bertz CT molecular complexity index is 867. The molecule has 0 amide bonds. The smallest absolute Gasteiger partial charge is 0.236 e. The lowest BCUT2D eigenvalue weighted by atomic mass is 10.2. The average molecular weight is 434 g/mol. The molecule has 7 nitrogen and oxygen atoms in total. The lowest BCUT2D eigenvalue weighted by Gasteiger charge is -2.24. The molecule has 0 aliphatic heterocycles. The minimum absolute atomic E-state index is 0.0200. The van der Waals surface area contributed by atoms with Gasteiger partial charge < -0.3 is 23.5 Å². The first kappa shape index (κ1) is 23.5. The molecule has 0 N–H and O–H groups in total. The van der Waals surface area contributed by atoms with E-state index in [1.165, 1.54) is 28.4 Å². The second-order valence-electron chi connectivity index (χ2n) is 6.60. The monoisotopic (exact) mass is 434 g/mol. The Balaban J connectivity index is 2.80. The highest BCUT2D eigenvalue weighted by molar-refractivity contribution is 7.96. The molecule has 1 unspecified atom stereocenters. The largest absolute Gasteiger partial charge is 0.496 e. The van der Waals surface area contributed by atoms with Crippen molar-refractivity contribution in [3.63, 3.8) is 0 Å². The van der Waals surface area contributed by atoms with E-state index in [2.05, 4.69) is 0 Å². The summed E-state index contributed by atoms with van der Waals surface area (Å²) in [5.74, 6) is 0.732. The predicted octanol–water partition coefficient (Wildman–Crippen LogP) is 4.86. The first-order valence-corrected chi connectivity index (χ1v) is 11.2. The van der Waals surface area contributed by atoms with Crippen LogP contribution in [0.25, 0.3) is 0 Å². The molecule has 0 heterocycles. The molecule has 30 heavy (non-hydrogen) atoms. The number of carbonyl (C=O) groups excluding carboxylic acids is 2. The van der Waals surface area contributed by atoms with Gasteiger partial charge in [0, 0.05) is 5.66 Å². The highest BCUT2D eigenvalue weighted by Crippen LogP contribution is 2.60. The molecule has 2 rings (SSSR count). The third-order valence-corrected chi connectivity index (χ3v) is 8.36. The lowest BCUT2D eigenvalue weighted by molar-refractivity contribution is 0.103. The van der Waals surface area contributed by atoms with Crippen molar-refractivity contribution in [2.24, 2.45) is 0 Å². The molecule has 0 bridgehead atoms. The predicted molar refractivity (Wildman–Crippen MR) is 115 cm³/mol. The van der Waals surface area contributed by atoms with Gasteiger partial charge in [0.05, 0.1) is 28.4 Å². The quantitative estimate of drug-likeness (QED) is 0.493. The maximum Gasteiger partial charge on any atom is 0.236 e. The van der Waals surface area contributed by atoms with E-state index >= 15 is 0 Å². The Morgan fingerprint density at radius 1 is 0.767 bits per heavy atom. The summed E-state index contributed by atoms with van der Waals surface area (Å²) in [6, 6.07) is 9.53. The van der Waals surface area contributed by atoms with E-state index in [0.717, 1.165) is 0 Å². The topological polar surface area (TPSA) is 88.1 Å². The van der Waals surface area contributed by atoms with Crippen molar-refractivity contribution in [3.05, 3.63) is 47.5 Å². The Morgan fingerprint density at radius 2 is 1.07 bits per heavy atom. The van der Waals surface area contributed by atoms with Gasteiger partial charge >= 0.3 is 0 Å². The summed E-state index contributed by atoms with van der Waals surface area (Å²) >= 11 is 0. The number of ether oxygens (including phenoxy) is 4. The van der Waals surface area contributed by atoms with Gasteiger partial charge in [-0.3, -0.25) is 9.59 Å². The summed E-state index contributed by atoms with van der Waals surface area (Å²) in [5, 5.41) is 0. The van der Waals surface area contributed by atoms with E-state index in [0.29, 0.717) is 6.42 Å². The van der Waals surface area contributed by atoms with Crippen LogP contribution < -0.4 is 18.9 Å². The third-order valence-electron chi connectivity index (χ3n) is 5.10. The van der Waals surface area contributed by atoms with Crippen LogP contribution in [0.5, 0.6) is 23.0 Å². The number of carbonyl (C=O) groups is 2. The zero-order valence-corrected chi connectivity index (χ0v) is 18.9. The van der Waals surface area contributed by atoms with Crippen molar-refractivity contribution >= 4 is 18.2 Å². The number of rotatable bonds is 10. The van der Waals surface area contributed by atoms with E-state index in [1.54, 1.807) is 50.2 Å². The fourth-order valence-electron chi connectivity index (χ4n) is 3.21. The Kier molecular flexibility index (Phi) is 7.68. The van der Waals surface area contributed by atoms with Crippen LogP contribution in [-0.2, 0) is 4.57 Å². The van der Waals surface area contributed by atoms with Crippen LogP contribution in [0.3, 0.4) is 0 Å². The van der Waals surface area contributed by atoms with Gasteiger partial charge in [0.1, 0.15) is 34.1 Å². The highest BCUT2D eigenvalue weighted by Gasteiger charge is 2.48. The summed E-state index contributed by atoms with van der Waals surface area (Å²) < 4.78 is 35.5. The third kappa shape index (κ3) is 3.94. The molecule has 0 fully saturated rings. The van der Waals surface area contributed by atoms with Crippen molar-refractivity contribution in [2.75, 3.05) is 28.4 Å². The van der Waals surface area contributed by atoms with Gasteiger partial charge in [-0.05, 0) is 30.7 Å². The molecule has 1 atom stereocenters. The Hall–Kier alpha value is -2.79. The van der Waals surface area contributed by atoms with Crippen LogP contribution in [0.4, 0.5) is 0 Å². The standard InChI is InChI=1S/C22H27O7P/c1-7-14(2)30(25,21(23)19-15(26-3)10-8-11-16(19)27-4)22(24)20-17(28-5)12-9-13-18(20)29-6/h8-14H,7H2,1-6H3. The second kappa shape index (κ2) is 9.81. The van der Waals surface area contributed by atoms with Gasteiger partial charge in [-0.2, -0.15) is 0 Å². The summed E-state index contributed by atoms with van der Waals surface area (Å²) in [4.78, 5) is 27.4. The summed E-state index contributed by atoms with van der Waals surface area (Å²) in [7, 11) is 1.38. The molecule has 0 aliphatic carbocycles. The van der Waals surface area contributed by atoms with Gasteiger partial charge in [0.25, 0.3) is 0 Å². The average Bonchev–Trinajstić information content (AvgIpc) is 2.80. The molecule has 2 aromatic rings. The van der Waals surface area contributed by atoms with E-state index in [9.17, 15) is 14.2 Å². The van der Waals surface area contributed by atoms with E-state index in [4.69, 9.17) is 18.9 Å². The number of hydrogen-bond donors (Lipinski definition) is 0. The van der Waals surface area contributed by atoms with Crippen molar-refractivity contribution in [1.29, 1.82) is 0 Å². The van der Waals surface area contributed by atoms with Crippen molar-refractivity contribution in [3.8, 4) is 23.0 Å². The Morgan fingerprint density at radius 3 is 1.30 bits per heavy atom. The lowest BCUT2D eigenvalue weighted by Crippen LogP contribution is -2.21. The van der Waals surface area contributed by atoms with E-state index in [-0.39, 0.29) is 34.1 Å². The summed E-state index contributed by atoms with van der Waals surface area (Å²) in [6.45, 7) is 3.40. The molecule has 0 saturated carbocycles. The van der Waals surface area contributed by atoms with Crippen LogP contribution in [0.15, 0.2) is 36.4 Å². The Labute approximate surface area is 176 Å². The normalized spacial score (nSPS) is 12.1. The van der Waals surface area contributed by atoms with Gasteiger partial charge in [-0.15, -0.1) is 0 Å². The van der Waals surface area contributed by atoms with Crippen molar-refractivity contribution in [1.82, 2.24) is 0 Å². The zero-order chi connectivity index (χ0) is 22.5. The van der Waals surface area contributed by atoms with Crippen LogP contribution in [-0.4, -0.2) is 45.1 Å². The van der Waals surface area contributed by atoms with E-state index in [1.807, 2.05) is 0 Å². The van der Waals surface area contributed by atoms with Gasteiger partial charge in [-0.1, -0.05) is 26.0 Å². The molecular formula is C22H27O7P. The van der Waals surface area contributed by atoms with Crippen molar-refractivity contribution in [2.45, 2.75) is 25.9 Å². The van der Waals surface area contributed by atoms with Gasteiger partial charge in [0.2, 0.25) is 18.2 Å². The van der Waals surface area contributed by atoms with Crippen LogP contribution in [0.2, 0.25) is 0 Å². The molecule has 0 aliphatic rings. The molecular weight excluding hydrogens is 407 g/mol. The SMILES string of the molecule is CCC(C)P(=O)(C(=O)c1c(OC)cccc1OC)C(=O)c1c(OC)cccc1OC. The zero-order valence-electron chi connectivity index (χ0n) is 18.1. The number of hydrogen-bond acceptors (Lipinski definition) is 7. The molecule has 0 aromatic heterocycles. The van der Waals surface area contributed by atoms with Gasteiger partial charge in [-0.25, -0.2) is 0 Å². The number of benzene rings is 2. The molecule has 0 radical (unpaired) electrons. The molecule has 8 heteroatoms. The van der Waals surface area contributed by atoms with Crippen molar-refractivity contribution < 1.29 is 33.1 Å². The highest BCUT2D eigenvalue weighted by atomic mass is 31.2. The molecule has 2 aromatic carbocycles. The first-order valence-electron chi connectivity index (χ1n) is 9.43. The number of methoxy groups -OCH3 is 4. The maximum atomic E-state index is 14.3. The molecule has 0 spiro atoms. The summed E-state index contributed by atoms with van der Waals surface area (Å²) in [6.07, 6.45) is 0.351. The van der Waals surface area contributed by atoms with Crippen LogP contribution in [0.1, 0.15) is 41.0 Å². The fourth-order valence-corrected chi connectivity index (χ4v) is 5.81.